The Morgan fingerprint density at radius 1 is 1.64 bits per heavy atom. The average molecular weight is 192 g/mol. The molecule has 1 unspecified atom stereocenters. The van der Waals surface area contributed by atoms with Crippen molar-refractivity contribution in [3.8, 4) is 0 Å². The zero-order valence-corrected chi connectivity index (χ0v) is 7.92. The van der Waals surface area contributed by atoms with Crippen LogP contribution in [-0.2, 0) is 13.5 Å². The number of rotatable bonds is 3. The number of aliphatic hydroxyl groups excluding tert-OH is 1. The summed E-state index contributed by atoms with van der Waals surface area (Å²) in [5, 5.41) is 9.79. The third-order valence-electron chi connectivity index (χ3n) is 2.22. The summed E-state index contributed by atoms with van der Waals surface area (Å²) >= 11 is 0. The third-order valence-corrected chi connectivity index (χ3v) is 2.22. The van der Waals surface area contributed by atoms with Crippen molar-refractivity contribution in [3.05, 3.63) is 42.4 Å². The standard InChI is InChI=1S/C10H12N2O2/c1-12-4-3-11-10(12)6-9(13)8-2-5-14-7-8/h2-5,7,9,13H,6H2,1H3. The van der Waals surface area contributed by atoms with E-state index in [1.54, 1.807) is 24.8 Å². The molecule has 4 heteroatoms. The molecule has 0 aliphatic rings. The molecule has 1 N–H and O–H groups in total. The number of aliphatic hydroxyl groups is 1. The molecule has 0 bridgehead atoms. The molecule has 4 nitrogen and oxygen atoms in total. The second kappa shape index (κ2) is 3.67. The van der Waals surface area contributed by atoms with Crippen LogP contribution in [0.2, 0.25) is 0 Å². The van der Waals surface area contributed by atoms with Gasteiger partial charge in [0.05, 0.1) is 18.6 Å². The van der Waals surface area contributed by atoms with E-state index in [4.69, 9.17) is 4.42 Å². The Morgan fingerprint density at radius 2 is 2.50 bits per heavy atom. The Balaban J connectivity index is 2.09. The van der Waals surface area contributed by atoms with Crippen LogP contribution in [0, 0.1) is 0 Å². The number of aromatic nitrogens is 2. The molecule has 0 aliphatic carbocycles. The average Bonchev–Trinajstić information content (AvgIpc) is 2.77. The predicted molar refractivity (Wildman–Crippen MR) is 50.6 cm³/mol. The van der Waals surface area contributed by atoms with Gasteiger partial charge in [0.2, 0.25) is 0 Å². The second-order valence-electron chi connectivity index (χ2n) is 3.23. The van der Waals surface area contributed by atoms with Gasteiger partial charge in [0.25, 0.3) is 0 Å². The van der Waals surface area contributed by atoms with Crippen molar-refractivity contribution in [1.82, 2.24) is 9.55 Å². The molecule has 0 saturated carbocycles. The Kier molecular flexibility index (Phi) is 2.37. The van der Waals surface area contributed by atoms with Crippen molar-refractivity contribution in [2.75, 3.05) is 0 Å². The molecule has 2 heterocycles. The highest BCUT2D eigenvalue weighted by Crippen LogP contribution is 2.17. The van der Waals surface area contributed by atoms with Crippen LogP contribution in [0.4, 0.5) is 0 Å². The first kappa shape index (κ1) is 9.02. The summed E-state index contributed by atoms with van der Waals surface area (Å²) in [5.74, 6) is 0.860. The highest BCUT2D eigenvalue weighted by Gasteiger charge is 2.11. The van der Waals surface area contributed by atoms with Gasteiger partial charge in [-0.15, -0.1) is 0 Å². The number of imidazole rings is 1. The number of nitrogens with zero attached hydrogens (tertiary/aromatic N) is 2. The number of hydrogen-bond acceptors (Lipinski definition) is 3. The molecule has 0 amide bonds. The van der Waals surface area contributed by atoms with Crippen LogP contribution in [0.25, 0.3) is 0 Å². The summed E-state index contributed by atoms with van der Waals surface area (Å²) in [4.78, 5) is 4.14. The molecule has 0 aromatic carbocycles. The maximum atomic E-state index is 9.79. The highest BCUT2D eigenvalue weighted by molar-refractivity contribution is 5.11. The molecule has 14 heavy (non-hydrogen) atoms. The van der Waals surface area contributed by atoms with Crippen LogP contribution >= 0.6 is 0 Å². The van der Waals surface area contributed by atoms with Gasteiger partial charge in [-0.2, -0.15) is 0 Å². The van der Waals surface area contributed by atoms with E-state index in [1.165, 1.54) is 0 Å². The van der Waals surface area contributed by atoms with Crippen molar-refractivity contribution >= 4 is 0 Å². The SMILES string of the molecule is Cn1ccnc1CC(O)c1ccoc1. The molecule has 0 radical (unpaired) electrons. The quantitative estimate of drug-likeness (QED) is 0.797. The molecule has 2 aromatic heterocycles. The largest absolute Gasteiger partial charge is 0.472 e. The molecule has 74 valence electrons. The van der Waals surface area contributed by atoms with E-state index in [-0.39, 0.29) is 0 Å². The summed E-state index contributed by atoms with van der Waals surface area (Å²) in [6.45, 7) is 0. The van der Waals surface area contributed by atoms with Gasteiger partial charge in [-0.05, 0) is 6.07 Å². The van der Waals surface area contributed by atoms with Crippen LogP contribution in [0.1, 0.15) is 17.5 Å². The molecule has 0 fully saturated rings. The first-order valence-electron chi connectivity index (χ1n) is 4.43. The third kappa shape index (κ3) is 1.70. The van der Waals surface area contributed by atoms with Crippen molar-refractivity contribution in [2.45, 2.75) is 12.5 Å². The fourth-order valence-electron chi connectivity index (χ4n) is 1.35. The van der Waals surface area contributed by atoms with Gasteiger partial charge in [0, 0.05) is 31.4 Å². The zero-order valence-electron chi connectivity index (χ0n) is 7.92. The van der Waals surface area contributed by atoms with E-state index in [0.717, 1.165) is 11.4 Å². The Morgan fingerprint density at radius 3 is 3.07 bits per heavy atom. The van der Waals surface area contributed by atoms with Gasteiger partial charge in [-0.1, -0.05) is 0 Å². The van der Waals surface area contributed by atoms with Crippen molar-refractivity contribution in [3.63, 3.8) is 0 Å². The highest BCUT2D eigenvalue weighted by atomic mass is 16.3. The molecular weight excluding hydrogens is 180 g/mol. The van der Waals surface area contributed by atoms with Gasteiger partial charge in [0.1, 0.15) is 5.82 Å². The lowest BCUT2D eigenvalue weighted by atomic mass is 10.1. The first-order valence-corrected chi connectivity index (χ1v) is 4.43. The maximum absolute atomic E-state index is 9.79. The predicted octanol–water partition coefficient (Wildman–Crippen LogP) is 1.29. The lowest BCUT2D eigenvalue weighted by molar-refractivity contribution is 0.174. The minimum Gasteiger partial charge on any atom is -0.472 e. The van der Waals surface area contributed by atoms with Crippen LogP contribution in [0.3, 0.4) is 0 Å². The Labute approximate surface area is 81.8 Å². The maximum Gasteiger partial charge on any atom is 0.111 e. The van der Waals surface area contributed by atoms with Gasteiger partial charge in [0.15, 0.2) is 0 Å². The minimum atomic E-state index is -0.546. The van der Waals surface area contributed by atoms with Crippen LogP contribution in [-0.4, -0.2) is 14.7 Å². The van der Waals surface area contributed by atoms with Crippen LogP contribution in [0.5, 0.6) is 0 Å². The zero-order chi connectivity index (χ0) is 9.97. The first-order chi connectivity index (χ1) is 6.77. The van der Waals surface area contributed by atoms with E-state index < -0.39 is 6.10 Å². The Hall–Kier alpha value is -1.55. The van der Waals surface area contributed by atoms with E-state index in [0.29, 0.717) is 6.42 Å². The van der Waals surface area contributed by atoms with Gasteiger partial charge < -0.3 is 14.1 Å². The molecular formula is C10H12N2O2. The second-order valence-corrected chi connectivity index (χ2v) is 3.23. The monoisotopic (exact) mass is 192 g/mol. The molecule has 2 rings (SSSR count). The molecule has 2 aromatic rings. The molecule has 0 aliphatic heterocycles. The minimum absolute atomic E-state index is 0.503. The normalized spacial score (nSPS) is 13.0. The van der Waals surface area contributed by atoms with Gasteiger partial charge in [-0.3, -0.25) is 0 Å². The Bertz CT molecular complexity index is 392. The van der Waals surface area contributed by atoms with Gasteiger partial charge >= 0.3 is 0 Å². The van der Waals surface area contributed by atoms with Crippen LogP contribution < -0.4 is 0 Å². The lowest BCUT2D eigenvalue weighted by Crippen LogP contribution is -2.05. The van der Waals surface area contributed by atoms with E-state index in [9.17, 15) is 5.11 Å². The van der Waals surface area contributed by atoms with E-state index >= 15 is 0 Å². The smallest absolute Gasteiger partial charge is 0.111 e. The molecule has 1 atom stereocenters. The summed E-state index contributed by atoms with van der Waals surface area (Å²) in [7, 11) is 1.91. The fourth-order valence-corrected chi connectivity index (χ4v) is 1.35. The molecule has 0 saturated heterocycles. The van der Waals surface area contributed by atoms with E-state index in [1.807, 2.05) is 17.8 Å². The van der Waals surface area contributed by atoms with Crippen LogP contribution in [0.15, 0.2) is 35.4 Å². The summed E-state index contributed by atoms with van der Waals surface area (Å²) in [6.07, 6.45) is 6.64. The van der Waals surface area contributed by atoms with Crippen molar-refractivity contribution < 1.29 is 9.52 Å². The summed E-state index contributed by atoms with van der Waals surface area (Å²) in [5.41, 5.74) is 0.785. The number of hydrogen-bond donors (Lipinski definition) is 1. The fraction of sp³-hybridized carbons (Fsp3) is 0.300. The summed E-state index contributed by atoms with van der Waals surface area (Å²) < 4.78 is 6.79. The number of aryl methyl sites for hydroxylation is 1. The lowest BCUT2D eigenvalue weighted by Gasteiger charge is -2.07. The van der Waals surface area contributed by atoms with Gasteiger partial charge in [-0.25, -0.2) is 4.98 Å². The van der Waals surface area contributed by atoms with Crippen molar-refractivity contribution in [2.24, 2.45) is 7.05 Å². The topological polar surface area (TPSA) is 51.2 Å². The summed E-state index contributed by atoms with van der Waals surface area (Å²) in [6, 6.07) is 1.76. The van der Waals surface area contributed by atoms with Crippen molar-refractivity contribution in [1.29, 1.82) is 0 Å². The molecule has 0 spiro atoms. The van der Waals surface area contributed by atoms with E-state index in [2.05, 4.69) is 4.98 Å². The number of furan rings is 1.